The van der Waals surface area contributed by atoms with Crippen LogP contribution in [-0.2, 0) is 11.2 Å². The fourth-order valence-electron chi connectivity index (χ4n) is 4.31. The minimum absolute atomic E-state index is 0.0872. The fourth-order valence-corrected chi connectivity index (χ4v) is 4.31. The fraction of sp³-hybridized carbons (Fsp3) is 0.276. The number of hydrogen-bond acceptors (Lipinski definition) is 6. The molecule has 0 radical (unpaired) electrons. The number of hydrogen-bond donors (Lipinski definition) is 1. The van der Waals surface area contributed by atoms with Crippen molar-refractivity contribution in [3.8, 4) is 23.3 Å². The predicted molar refractivity (Wildman–Crippen MR) is 138 cm³/mol. The maximum Gasteiger partial charge on any atom is 0.311 e. The molecule has 0 aliphatic carbocycles. The zero-order chi connectivity index (χ0) is 26.4. The number of rotatable bonds is 9. The summed E-state index contributed by atoms with van der Waals surface area (Å²) in [6.07, 6.45) is 1.10. The average Bonchev–Trinajstić information content (AvgIpc) is 2.90. The van der Waals surface area contributed by atoms with Crippen LogP contribution in [0.5, 0.6) is 17.2 Å². The van der Waals surface area contributed by atoms with E-state index in [0.717, 1.165) is 6.42 Å². The second-order valence-electron chi connectivity index (χ2n) is 9.18. The van der Waals surface area contributed by atoms with Gasteiger partial charge in [0.25, 0.3) is 5.91 Å². The minimum atomic E-state index is -0.950. The summed E-state index contributed by atoms with van der Waals surface area (Å²) in [5.74, 6) is -0.643. The van der Waals surface area contributed by atoms with E-state index in [0.29, 0.717) is 42.3 Å². The molecule has 1 unspecified atom stereocenters. The molecule has 1 N–H and O–H groups in total. The third-order valence-electron chi connectivity index (χ3n) is 6.15. The number of nitriles is 1. The van der Waals surface area contributed by atoms with E-state index in [9.17, 15) is 20.0 Å². The Morgan fingerprint density at radius 2 is 1.84 bits per heavy atom. The van der Waals surface area contributed by atoms with Gasteiger partial charge in [-0.2, -0.15) is 5.26 Å². The normalized spacial score (nSPS) is 14.3. The molecule has 0 aromatic heterocycles. The molecule has 0 fully saturated rings. The van der Waals surface area contributed by atoms with E-state index < -0.39 is 11.9 Å². The number of carboxylic acid groups (broad SMARTS) is 1. The van der Waals surface area contributed by atoms with Gasteiger partial charge < -0.3 is 19.5 Å². The summed E-state index contributed by atoms with van der Waals surface area (Å²) in [6.45, 7) is 1.35. The van der Waals surface area contributed by atoms with Crippen LogP contribution < -0.4 is 9.47 Å². The van der Waals surface area contributed by atoms with Gasteiger partial charge >= 0.3 is 5.97 Å². The first kappa shape index (κ1) is 25.7. The topological polar surface area (TPSA) is 103 Å². The molecular weight excluding hydrogens is 470 g/mol. The molecule has 4 rings (SSSR count). The molecule has 1 atom stereocenters. The van der Waals surface area contributed by atoms with Gasteiger partial charge in [0.1, 0.15) is 23.3 Å². The summed E-state index contributed by atoms with van der Waals surface area (Å²) >= 11 is 0. The Labute approximate surface area is 216 Å². The lowest BCUT2D eigenvalue weighted by atomic mass is 9.91. The van der Waals surface area contributed by atoms with E-state index in [1.54, 1.807) is 35.2 Å². The van der Waals surface area contributed by atoms with E-state index in [1.807, 2.05) is 49.3 Å². The number of aliphatic carboxylic acids is 1. The Morgan fingerprint density at radius 3 is 2.49 bits per heavy atom. The van der Waals surface area contributed by atoms with Crippen molar-refractivity contribution in [2.24, 2.45) is 0 Å². The third-order valence-corrected chi connectivity index (χ3v) is 6.15. The number of benzene rings is 3. The van der Waals surface area contributed by atoms with Crippen molar-refractivity contribution in [2.45, 2.75) is 18.8 Å². The summed E-state index contributed by atoms with van der Waals surface area (Å²) in [7, 11) is 3.85. The second kappa shape index (κ2) is 11.6. The molecule has 0 saturated carbocycles. The van der Waals surface area contributed by atoms with Crippen molar-refractivity contribution in [3.63, 3.8) is 0 Å². The van der Waals surface area contributed by atoms with Crippen LogP contribution in [0.3, 0.4) is 0 Å². The molecule has 1 aliphatic heterocycles. The Balaban J connectivity index is 1.50. The maximum absolute atomic E-state index is 13.3. The molecular formula is C29H29N3O5. The number of fused-ring (bicyclic) bond motifs is 1. The van der Waals surface area contributed by atoms with Crippen LogP contribution in [-0.4, -0.2) is 60.7 Å². The van der Waals surface area contributed by atoms with E-state index in [-0.39, 0.29) is 23.8 Å². The van der Waals surface area contributed by atoms with Crippen molar-refractivity contribution < 1.29 is 24.2 Å². The molecule has 3 aromatic rings. The summed E-state index contributed by atoms with van der Waals surface area (Å²) in [6, 6.07) is 22.0. The smallest absolute Gasteiger partial charge is 0.311 e. The Hall–Kier alpha value is -4.35. The van der Waals surface area contributed by atoms with Crippen molar-refractivity contribution >= 4 is 11.9 Å². The van der Waals surface area contributed by atoms with E-state index in [2.05, 4.69) is 6.07 Å². The molecule has 1 amide bonds. The van der Waals surface area contributed by atoms with Crippen LogP contribution in [0.25, 0.3) is 0 Å². The highest BCUT2D eigenvalue weighted by Gasteiger charge is 2.29. The van der Waals surface area contributed by atoms with Gasteiger partial charge in [-0.05, 0) is 62.8 Å². The van der Waals surface area contributed by atoms with Crippen LogP contribution in [0.15, 0.2) is 66.7 Å². The van der Waals surface area contributed by atoms with E-state index in [1.165, 1.54) is 11.6 Å². The number of carboxylic acids is 1. The van der Waals surface area contributed by atoms with E-state index in [4.69, 9.17) is 9.47 Å². The summed E-state index contributed by atoms with van der Waals surface area (Å²) in [5.41, 5.74) is 2.38. The lowest BCUT2D eigenvalue weighted by molar-refractivity contribution is -0.139. The van der Waals surface area contributed by atoms with Gasteiger partial charge in [0.2, 0.25) is 0 Å². The molecule has 1 heterocycles. The number of ether oxygens (including phenoxy) is 2. The predicted octanol–water partition coefficient (Wildman–Crippen LogP) is 4.51. The monoisotopic (exact) mass is 499 g/mol. The molecule has 8 heteroatoms. The molecule has 0 spiro atoms. The van der Waals surface area contributed by atoms with Crippen molar-refractivity contribution in [2.75, 3.05) is 33.9 Å². The highest BCUT2D eigenvalue weighted by molar-refractivity contribution is 5.94. The van der Waals surface area contributed by atoms with Crippen molar-refractivity contribution in [3.05, 3.63) is 89.0 Å². The highest BCUT2D eigenvalue weighted by Crippen LogP contribution is 2.39. The highest BCUT2D eigenvalue weighted by atomic mass is 16.5. The number of carbonyl (C=O) groups is 2. The molecule has 8 nitrogen and oxygen atoms in total. The largest absolute Gasteiger partial charge is 0.493 e. The SMILES string of the molecule is CN(C)CN(CCc1ccccc1)C(=O)c1ccc(Oc2cc3c(cc2C#N)C(C(=O)O)CCO3)cc1. The lowest BCUT2D eigenvalue weighted by Crippen LogP contribution is -2.39. The van der Waals surface area contributed by atoms with Gasteiger partial charge in [-0.25, -0.2) is 0 Å². The Bertz CT molecular complexity index is 1300. The second-order valence-corrected chi connectivity index (χ2v) is 9.18. The zero-order valence-electron chi connectivity index (χ0n) is 20.9. The van der Waals surface area contributed by atoms with Crippen molar-refractivity contribution in [1.82, 2.24) is 9.80 Å². The summed E-state index contributed by atoms with van der Waals surface area (Å²) in [5, 5.41) is 19.1. The standard InChI is InChI=1S/C29H29N3O5/c1-31(2)19-32(14-12-20-6-4-3-5-7-20)28(33)21-8-10-23(11-9-21)37-26-17-27-25(16-22(26)18-30)24(29(34)35)13-15-36-27/h3-11,16-17,24H,12-15,19H2,1-2H3,(H,34,35). The molecule has 190 valence electrons. The molecule has 3 aromatic carbocycles. The summed E-state index contributed by atoms with van der Waals surface area (Å²) in [4.78, 5) is 28.6. The van der Waals surface area contributed by atoms with Crippen LogP contribution >= 0.6 is 0 Å². The molecule has 1 aliphatic rings. The van der Waals surface area contributed by atoms with Gasteiger partial charge in [-0.15, -0.1) is 0 Å². The number of carbonyl (C=O) groups excluding carboxylic acids is 1. The molecule has 0 saturated heterocycles. The van der Waals surface area contributed by atoms with Gasteiger partial charge in [0.15, 0.2) is 0 Å². The van der Waals surface area contributed by atoms with Crippen LogP contribution in [0.2, 0.25) is 0 Å². The van der Waals surface area contributed by atoms with Crippen LogP contribution in [0, 0.1) is 11.3 Å². The van der Waals surface area contributed by atoms with Crippen LogP contribution in [0.4, 0.5) is 0 Å². The first-order valence-electron chi connectivity index (χ1n) is 12.0. The molecule has 37 heavy (non-hydrogen) atoms. The quantitative estimate of drug-likeness (QED) is 0.432. The van der Waals surface area contributed by atoms with Gasteiger partial charge in [-0.3, -0.25) is 14.5 Å². The Morgan fingerprint density at radius 1 is 1.11 bits per heavy atom. The summed E-state index contributed by atoms with van der Waals surface area (Å²) < 4.78 is 11.6. The van der Waals surface area contributed by atoms with Gasteiger partial charge in [0.05, 0.1) is 24.8 Å². The van der Waals surface area contributed by atoms with E-state index >= 15 is 0 Å². The van der Waals surface area contributed by atoms with Crippen LogP contribution in [0.1, 0.15) is 39.4 Å². The minimum Gasteiger partial charge on any atom is -0.493 e. The molecule has 0 bridgehead atoms. The van der Waals surface area contributed by atoms with Gasteiger partial charge in [-0.1, -0.05) is 30.3 Å². The van der Waals surface area contributed by atoms with Crippen molar-refractivity contribution in [1.29, 1.82) is 5.26 Å². The zero-order valence-corrected chi connectivity index (χ0v) is 20.9. The van der Waals surface area contributed by atoms with Gasteiger partial charge in [0, 0.05) is 23.7 Å². The number of nitrogens with zero attached hydrogens (tertiary/aromatic N) is 3. The number of amides is 1. The lowest BCUT2D eigenvalue weighted by Gasteiger charge is -2.26. The maximum atomic E-state index is 13.3. The third kappa shape index (κ3) is 6.26. The first-order valence-corrected chi connectivity index (χ1v) is 12.0. The Kier molecular flexibility index (Phi) is 8.06. The first-order chi connectivity index (χ1) is 17.9. The average molecular weight is 500 g/mol.